The zero-order valence-corrected chi connectivity index (χ0v) is 5.94. The topological polar surface area (TPSA) is 24.4 Å². The standard InChI is InChI=1S/C5H10N2S/c1-3-7-4-5(8)6-2/h3-4,6,8H,1-2H3/b5-4+,7-3-. The van der Waals surface area contributed by atoms with Crippen LogP contribution < -0.4 is 5.32 Å². The predicted molar refractivity (Wildman–Crippen MR) is 40.3 cm³/mol. The van der Waals surface area contributed by atoms with Crippen molar-refractivity contribution in [2.24, 2.45) is 4.99 Å². The van der Waals surface area contributed by atoms with E-state index in [9.17, 15) is 0 Å². The number of hydrogen-bond acceptors (Lipinski definition) is 3. The van der Waals surface area contributed by atoms with Crippen LogP contribution in [-0.4, -0.2) is 13.3 Å². The van der Waals surface area contributed by atoms with Crippen LogP contribution in [0.1, 0.15) is 6.92 Å². The number of nitrogens with one attached hydrogen (secondary N) is 1. The lowest BCUT2D eigenvalue weighted by Crippen LogP contribution is -1.97. The van der Waals surface area contributed by atoms with E-state index in [-0.39, 0.29) is 0 Å². The first-order chi connectivity index (χ1) is 3.81. The normalized spacial score (nSPS) is 12.6. The van der Waals surface area contributed by atoms with Gasteiger partial charge >= 0.3 is 0 Å². The maximum absolute atomic E-state index is 4.00. The minimum atomic E-state index is 0.767. The van der Waals surface area contributed by atoms with E-state index in [4.69, 9.17) is 0 Å². The number of hydrogen-bond donors (Lipinski definition) is 2. The van der Waals surface area contributed by atoms with Gasteiger partial charge in [-0.1, -0.05) is 0 Å². The summed E-state index contributed by atoms with van der Waals surface area (Å²) in [6.07, 6.45) is 3.34. The van der Waals surface area contributed by atoms with Crippen LogP contribution in [-0.2, 0) is 0 Å². The van der Waals surface area contributed by atoms with Crippen molar-refractivity contribution < 1.29 is 0 Å². The molecule has 0 spiro atoms. The second kappa shape index (κ2) is 4.71. The largest absolute Gasteiger partial charge is 0.382 e. The van der Waals surface area contributed by atoms with E-state index in [0.29, 0.717) is 0 Å². The molecule has 0 aliphatic rings. The Hall–Kier alpha value is -0.440. The lowest BCUT2D eigenvalue weighted by atomic mass is 10.8. The highest BCUT2D eigenvalue weighted by molar-refractivity contribution is 7.84. The van der Waals surface area contributed by atoms with E-state index in [1.54, 1.807) is 19.5 Å². The molecule has 2 nitrogen and oxygen atoms in total. The summed E-state index contributed by atoms with van der Waals surface area (Å²) in [6.45, 7) is 1.85. The summed E-state index contributed by atoms with van der Waals surface area (Å²) in [7, 11) is 1.80. The molecule has 0 amide bonds. The smallest absolute Gasteiger partial charge is 0.0834 e. The van der Waals surface area contributed by atoms with Gasteiger partial charge in [0.15, 0.2) is 0 Å². The monoisotopic (exact) mass is 130 g/mol. The van der Waals surface area contributed by atoms with Gasteiger partial charge in [-0.15, -0.1) is 12.6 Å². The zero-order valence-electron chi connectivity index (χ0n) is 5.05. The molecule has 0 saturated heterocycles. The minimum Gasteiger partial charge on any atom is -0.382 e. The van der Waals surface area contributed by atoms with E-state index in [1.165, 1.54) is 0 Å². The van der Waals surface area contributed by atoms with Gasteiger partial charge in [-0.2, -0.15) is 0 Å². The molecule has 0 heterocycles. The van der Waals surface area contributed by atoms with Gasteiger partial charge in [0.05, 0.1) is 11.2 Å². The molecule has 0 unspecified atom stereocenters. The van der Waals surface area contributed by atoms with Gasteiger partial charge in [-0.25, -0.2) is 0 Å². The summed E-state index contributed by atoms with van der Waals surface area (Å²) >= 11 is 4.00. The Balaban J connectivity index is 3.57. The average molecular weight is 130 g/mol. The SMILES string of the molecule is C/C=N\C=C(\S)NC. The van der Waals surface area contributed by atoms with Gasteiger partial charge in [-0.05, 0) is 6.92 Å². The Bertz CT molecular complexity index is 107. The molecule has 1 N–H and O–H groups in total. The van der Waals surface area contributed by atoms with Crippen molar-refractivity contribution in [2.75, 3.05) is 7.05 Å². The van der Waals surface area contributed by atoms with Crippen LogP contribution in [0.2, 0.25) is 0 Å². The van der Waals surface area contributed by atoms with Crippen LogP contribution >= 0.6 is 12.6 Å². The molecule has 0 fully saturated rings. The third-order valence-corrected chi connectivity index (χ3v) is 0.941. The third-order valence-electron chi connectivity index (χ3n) is 0.602. The second-order valence-corrected chi connectivity index (χ2v) is 1.65. The summed E-state index contributed by atoms with van der Waals surface area (Å²) in [5, 5.41) is 3.58. The van der Waals surface area contributed by atoms with Gasteiger partial charge in [-0.3, -0.25) is 4.99 Å². The van der Waals surface area contributed by atoms with Gasteiger partial charge in [0.25, 0.3) is 0 Å². The lowest BCUT2D eigenvalue weighted by molar-refractivity contribution is 1.07. The molecule has 3 heteroatoms. The third kappa shape index (κ3) is 3.74. The van der Waals surface area contributed by atoms with E-state index in [2.05, 4.69) is 22.9 Å². The zero-order chi connectivity index (χ0) is 6.41. The van der Waals surface area contributed by atoms with Crippen molar-refractivity contribution in [3.8, 4) is 0 Å². The van der Waals surface area contributed by atoms with Crippen molar-refractivity contribution in [1.29, 1.82) is 0 Å². The summed E-state index contributed by atoms with van der Waals surface area (Å²) in [5.74, 6) is 0. The summed E-state index contributed by atoms with van der Waals surface area (Å²) in [6, 6.07) is 0. The maximum Gasteiger partial charge on any atom is 0.0834 e. The molecule has 0 rings (SSSR count). The Morgan fingerprint density at radius 2 is 2.38 bits per heavy atom. The van der Waals surface area contributed by atoms with Crippen molar-refractivity contribution in [3.05, 3.63) is 11.2 Å². The summed E-state index contributed by atoms with van der Waals surface area (Å²) in [4.78, 5) is 3.82. The predicted octanol–water partition coefficient (Wildman–Crippen LogP) is 1.03. The first-order valence-corrected chi connectivity index (χ1v) is 2.80. The quantitative estimate of drug-likeness (QED) is 0.423. The molecular weight excluding hydrogens is 120 g/mol. The average Bonchev–Trinajstić information content (AvgIpc) is 1.83. The molecular formula is C5H10N2S. The first kappa shape index (κ1) is 7.56. The van der Waals surface area contributed by atoms with Crippen molar-refractivity contribution >= 4 is 18.8 Å². The van der Waals surface area contributed by atoms with Crippen LogP contribution in [0.5, 0.6) is 0 Å². The van der Waals surface area contributed by atoms with Gasteiger partial charge in [0.1, 0.15) is 0 Å². The molecule has 0 atom stereocenters. The molecule has 8 heavy (non-hydrogen) atoms. The van der Waals surface area contributed by atoms with Crippen molar-refractivity contribution in [2.45, 2.75) is 6.92 Å². The highest BCUT2D eigenvalue weighted by Gasteiger charge is 1.74. The fourth-order valence-electron chi connectivity index (χ4n) is 0.210. The molecule has 0 aromatic heterocycles. The van der Waals surface area contributed by atoms with Crippen LogP contribution in [0.4, 0.5) is 0 Å². The minimum absolute atomic E-state index is 0.767. The molecule has 0 aliphatic carbocycles. The molecule has 0 bridgehead atoms. The molecule has 0 aromatic rings. The van der Waals surface area contributed by atoms with E-state index < -0.39 is 0 Å². The Labute approximate surface area is 55.1 Å². The van der Waals surface area contributed by atoms with Crippen molar-refractivity contribution in [3.63, 3.8) is 0 Å². The molecule has 46 valence electrons. The number of rotatable bonds is 2. The van der Waals surface area contributed by atoms with E-state index >= 15 is 0 Å². The highest BCUT2D eigenvalue weighted by atomic mass is 32.1. The first-order valence-electron chi connectivity index (χ1n) is 2.36. The molecule has 0 aromatic carbocycles. The molecule has 0 aliphatic heterocycles. The second-order valence-electron chi connectivity index (χ2n) is 1.17. The fraction of sp³-hybridized carbons (Fsp3) is 0.400. The Morgan fingerprint density at radius 1 is 1.75 bits per heavy atom. The van der Waals surface area contributed by atoms with E-state index in [0.717, 1.165) is 5.03 Å². The highest BCUT2D eigenvalue weighted by Crippen LogP contribution is 1.91. The lowest BCUT2D eigenvalue weighted by Gasteiger charge is -1.90. The van der Waals surface area contributed by atoms with Gasteiger partial charge in [0, 0.05) is 13.3 Å². The number of thiol groups is 1. The van der Waals surface area contributed by atoms with Crippen molar-refractivity contribution in [1.82, 2.24) is 5.32 Å². The molecule has 0 saturated carbocycles. The molecule has 0 radical (unpaired) electrons. The van der Waals surface area contributed by atoms with Gasteiger partial charge < -0.3 is 5.32 Å². The maximum atomic E-state index is 4.00. The number of nitrogens with zero attached hydrogens (tertiary/aromatic N) is 1. The fourth-order valence-corrected chi connectivity index (χ4v) is 0.276. The van der Waals surface area contributed by atoms with Crippen LogP contribution in [0.3, 0.4) is 0 Å². The van der Waals surface area contributed by atoms with Crippen LogP contribution in [0, 0.1) is 0 Å². The van der Waals surface area contributed by atoms with Crippen LogP contribution in [0.15, 0.2) is 16.2 Å². The summed E-state index contributed by atoms with van der Waals surface area (Å²) < 4.78 is 0. The Kier molecular flexibility index (Phi) is 4.45. The Morgan fingerprint density at radius 3 is 2.75 bits per heavy atom. The van der Waals surface area contributed by atoms with E-state index in [1.807, 2.05) is 6.92 Å². The summed E-state index contributed by atoms with van der Waals surface area (Å²) in [5.41, 5.74) is 0. The van der Waals surface area contributed by atoms with Gasteiger partial charge in [0.2, 0.25) is 0 Å². The van der Waals surface area contributed by atoms with Crippen LogP contribution in [0.25, 0.3) is 0 Å². The number of aliphatic imine (C=N–C) groups is 1.